The number of imide groups is 1. The minimum absolute atomic E-state index is 0.00713. The first-order valence-electron chi connectivity index (χ1n) is 20.8. The predicted octanol–water partition coefficient (Wildman–Crippen LogP) is 7.49. The maximum absolute atomic E-state index is 14.6. The number of hydrogen-bond donors (Lipinski definition) is 3. The van der Waals surface area contributed by atoms with E-state index in [-0.39, 0.29) is 35.2 Å². The normalized spacial score (nSPS) is 25.1. The van der Waals surface area contributed by atoms with Gasteiger partial charge in [-0.3, -0.25) is 24.5 Å². The standard InChI is InChI=1S/C49H56N2O7S/c1-6-8-12-19-33(7-2)40-41(46(55)51-45(40)54)43(52)39-31(3)26-27-48(57)29-34(28-32(4)42(39)48)44(53)50-38(47(56)58-5)30-59-49(35-20-13-9-14-21-35,36-22-15-10-16-23-36)37-24-17-11-18-25-37/h7,9-11,13-18,20-27,31-34,38-39,42,57H,2,6,8,12,19,28-30H2,1,3-5H3,(H,50,53)(H,51,54,55). The number of aliphatic hydroxyl groups is 1. The van der Waals surface area contributed by atoms with Crippen molar-refractivity contribution in [3.05, 3.63) is 144 Å². The predicted molar refractivity (Wildman–Crippen MR) is 231 cm³/mol. The van der Waals surface area contributed by atoms with Crippen molar-refractivity contribution in [3.63, 3.8) is 0 Å². The van der Waals surface area contributed by atoms with E-state index in [1.54, 1.807) is 18.2 Å². The minimum atomic E-state index is -1.57. The number of esters is 1. The van der Waals surface area contributed by atoms with Crippen LogP contribution in [0.5, 0.6) is 0 Å². The third kappa shape index (κ3) is 8.80. The molecule has 59 heavy (non-hydrogen) atoms. The SMILES string of the molecule is C=CC(CCCCC)C1=C(C(=O)C2C(C)C=CC3(O)CC(C(=O)NC(CSC(c4ccccc4)(c4ccccc4)c4ccccc4)C(=O)OC)CC(C)C23)C(=O)NC1=O. The van der Waals surface area contributed by atoms with Crippen LogP contribution in [0.15, 0.2) is 127 Å². The second-order valence-electron chi connectivity index (χ2n) is 16.3. The average molecular weight is 817 g/mol. The number of carbonyl (C=O) groups excluding carboxylic acids is 5. The zero-order valence-corrected chi connectivity index (χ0v) is 35.2. The van der Waals surface area contributed by atoms with Crippen LogP contribution in [0.3, 0.4) is 0 Å². The van der Waals surface area contributed by atoms with Gasteiger partial charge in [0.25, 0.3) is 11.8 Å². The highest BCUT2D eigenvalue weighted by atomic mass is 32.2. The molecule has 3 aromatic rings. The Hall–Kier alpha value is -5.06. The number of Topliss-reactive ketones (excluding diaryl/α,β-unsaturated/α-hetero) is 1. The summed E-state index contributed by atoms with van der Waals surface area (Å²) < 4.78 is 4.51. The number of hydrogen-bond acceptors (Lipinski definition) is 8. The molecule has 3 N–H and O–H groups in total. The molecule has 0 bridgehead atoms. The number of fused-ring (bicyclic) bond motifs is 1. The highest BCUT2D eigenvalue weighted by Crippen LogP contribution is 2.52. The van der Waals surface area contributed by atoms with E-state index in [2.05, 4.69) is 60.5 Å². The fraction of sp³-hybridized carbons (Fsp3) is 0.408. The van der Waals surface area contributed by atoms with E-state index in [4.69, 9.17) is 4.74 Å². The van der Waals surface area contributed by atoms with Gasteiger partial charge in [-0.1, -0.05) is 149 Å². The maximum Gasteiger partial charge on any atom is 0.329 e. The average Bonchev–Trinajstić information content (AvgIpc) is 3.55. The van der Waals surface area contributed by atoms with Crippen molar-refractivity contribution in [2.24, 2.45) is 35.5 Å². The fourth-order valence-corrected chi connectivity index (χ4v) is 11.3. The minimum Gasteiger partial charge on any atom is -0.467 e. The summed E-state index contributed by atoms with van der Waals surface area (Å²) in [6, 6.07) is 29.2. The molecule has 1 heterocycles. The lowest BCUT2D eigenvalue weighted by Gasteiger charge is -2.51. The topological polar surface area (TPSA) is 139 Å². The highest BCUT2D eigenvalue weighted by molar-refractivity contribution is 8.00. The third-order valence-electron chi connectivity index (χ3n) is 12.5. The van der Waals surface area contributed by atoms with Crippen LogP contribution in [0.2, 0.25) is 0 Å². The van der Waals surface area contributed by atoms with Crippen LogP contribution in [0.4, 0.5) is 0 Å². The molecular formula is C49H56N2O7S. The number of amides is 3. The van der Waals surface area contributed by atoms with Crippen LogP contribution in [0.1, 0.15) is 76.0 Å². The Morgan fingerprint density at radius 3 is 2.05 bits per heavy atom. The van der Waals surface area contributed by atoms with Gasteiger partial charge in [-0.2, -0.15) is 0 Å². The van der Waals surface area contributed by atoms with E-state index < -0.39 is 69.5 Å². The summed E-state index contributed by atoms with van der Waals surface area (Å²) in [5, 5.41) is 17.8. The van der Waals surface area contributed by atoms with Crippen molar-refractivity contribution < 1.29 is 33.8 Å². The van der Waals surface area contributed by atoms with Gasteiger partial charge in [-0.05, 0) is 47.8 Å². The van der Waals surface area contributed by atoms with Gasteiger partial charge in [-0.25, -0.2) is 4.79 Å². The molecule has 8 atom stereocenters. The summed E-state index contributed by atoms with van der Waals surface area (Å²) >= 11 is 1.53. The fourth-order valence-electron chi connectivity index (χ4n) is 9.72. The number of ketones is 1. The van der Waals surface area contributed by atoms with Gasteiger partial charge in [0.05, 0.1) is 23.0 Å². The molecule has 8 unspecified atom stereocenters. The Morgan fingerprint density at radius 1 is 0.949 bits per heavy atom. The van der Waals surface area contributed by atoms with Gasteiger partial charge in [0.1, 0.15) is 6.04 Å². The molecule has 1 saturated carbocycles. The summed E-state index contributed by atoms with van der Waals surface area (Å²) in [6.07, 6.45) is 8.75. The Labute approximate surface area is 352 Å². The molecule has 3 amide bonds. The van der Waals surface area contributed by atoms with Gasteiger partial charge < -0.3 is 15.2 Å². The number of ether oxygens (including phenoxy) is 1. The van der Waals surface area contributed by atoms with E-state index in [0.717, 1.165) is 36.0 Å². The molecular weight excluding hydrogens is 761 g/mol. The van der Waals surface area contributed by atoms with Crippen molar-refractivity contribution in [3.8, 4) is 0 Å². The molecule has 310 valence electrons. The molecule has 1 fully saturated rings. The Morgan fingerprint density at radius 2 is 1.53 bits per heavy atom. The number of nitrogens with one attached hydrogen (secondary N) is 2. The first-order chi connectivity index (χ1) is 28.4. The van der Waals surface area contributed by atoms with Crippen molar-refractivity contribution in [2.45, 2.75) is 75.7 Å². The number of unbranched alkanes of at least 4 members (excludes halogenated alkanes) is 2. The van der Waals surface area contributed by atoms with E-state index in [9.17, 15) is 29.1 Å². The van der Waals surface area contributed by atoms with Crippen LogP contribution < -0.4 is 10.6 Å². The van der Waals surface area contributed by atoms with Gasteiger partial charge in [0.15, 0.2) is 5.78 Å². The van der Waals surface area contributed by atoms with E-state index in [0.29, 0.717) is 12.8 Å². The second kappa shape index (κ2) is 18.9. The molecule has 10 heteroatoms. The summed E-state index contributed by atoms with van der Waals surface area (Å²) in [6.45, 7) is 9.79. The van der Waals surface area contributed by atoms with Gasteiger partial charge in [0.2, 0.25) is 5.91 Å². The summed E-state index contributed by atoms with van der Waals surface area (Å²) in [5.41, 5.74) is 1.46. The number of methoxy groups -OCH3 is 1. The molecule has 0 radical (unpaired) electrons. The first kappa shape index (κ1) is 43.5. The van der Waals surface area contributed by atoms with Crippen LogP contribution in [-0.4, -0.2) is 59.1 Å². The quantitative estimate of drug-likeness (QED) is 0.0318. The molecule has 0 aromatic heterocycles. The van der Waals surface area contributed by atoms with Crippen molar-refractivity contribution in [2.75, 3.05) is 12.9 Å². The maximum atomic E-state index is 14.6. The summed E-state index contributed by atoms with van der Waals surface area (Å²) in [7, 11) is 1.30. The molecule has 2 aliphatic carbocycles. The Balaban J connectivity index is 1.26. The van der Waals surface area contributed by atoms with Crippen LogP contribution in [-0.2, 0) is 33.5 Å². The van der Waals surface area contributed by atoms with Crippen molar-refractivity contribution >= 4 is 41.2 Å². The highest BCUT2D eigenvalue weighted by Gasteiger charge is 2.56. The summed E-state index contributed by atoms with van der Waals surface area (Å²) in [4.78, 5) is 68.9. The lowest BCUT2D eigenvalue weighted by atomic mass is 9.55. The number of thioether (sulfide) groups is 1. The molecule has 0 spiro atoms. The van der Waals surface area contributed by atoms with Crippen LogP contribution >= 0.6 is 11.8 Å². The smallest absolute Gasteiger partial charge is 0.329 e. The van der Waals surface area contributed by atoms with Gasteiger partial charge >= 0.3 is 5.97 Å². The lowest BCUT2D eigenvalue weighted by Crippen LogP contribution is -2.57. The largest absolute Gasteiger partial charge is 0.467 e. The summed E-state index contributed by atoms with van der Waals surface area (Å²) in [5.74, 6) is -5.88. The molecule has 9 nitrogen and oxygen atoms in total. The number of carbonyl (C=O) groups is 5. The van der Waals surface area contributed by atoms with E-state index >= 15 is 0 Å². The van der Waals surface area contributed by atoms with Crippen LogP contribution in [0, 0.1) is 35.5 Å². The van der Waals surface area contributed by atoms with Crippen molar-refractivity contribution in [1.82, 2.24) is 10.6 Å². The zero-order valence-electron chi connectivity index (χ0n) is 34.4. The third-order valence-corrected chi connectivity index (χ3v) is 14.2. The molecule has 0 saturated heterocycles. The number of allylic oxidation sites excluding steroid dienone is 2. The molecule has 6 rings (SSSR count). The lowest BCUT2D eigenvalue weighted by molar-refractivity contribution is -0.149. The Kier molecular flexibility index (Phi) is 13.9. The zero-order chi connectivity index (χ0) is 42.3. The molecule has 3 aromatic carbocycles. The number of rotatable bonds is 17. The monoisotopic (exact) mass is 816 g/mol. The van der Waals surface area contributed by atoms with Gasteiger partial charge in [-0.15, -0.1) is 18.3 Å². The Bertz CT molecular complexity index is 1990. The van der Waals surface area contributed by atoms with Crippen LogP contribution in [0.25, 0.3) is 0 Å². The van der Waals surface area contributed by atoms with Crippen molar-refractivity contribution in [1.29, 1.82) is 0 Å². The first-order valence-corrected chi connectivity index (χ1v) is 21.8. The molecule has 3 aliphatic rings. The second-order valence-corrected chi connectivity index (χ2v) is 17.6. The van der Waals surface area contributed by atoms with Gasteiger partial charge in [0, 0.05) is 35.0 Å². The van der Waals surface area contributed by atoms with E-state index in [1.807, 2.05) is 68.4 Å². The molecule has 1 aliphatic heterocycles. The van der Waals surface area contributed by atoms with E-state index in [1.165, 1.54) is 18.9 Å². The number of benzene rings is 3.